The van der Waals surface area contributed by atoms with Gasteiger partial charge in [0.2, 0.25) is 5.91 Å². The Labute approximate surface area is 321 Å². The molecule has 4 aliphatic heterocycles. The van der Waals surface area contributed by atoms with E-state index in [1.807, 2.05) is 0 Å². The van der Waals surface area contributed by atoms with Crippen LogP contribution in [0.3, 0.4) is 0 Å². The molecule has 11 nitrogen and oxygen atoms in total. The molecule has 0 aromatic heterocycles. The van der Waals surface area contributed by atoms with Crippen LogP contribution >= 0.6 is 0 Å². The van der Waals surface area contributed by atoms with Crippen molar-refractivity contribution in [2.75, 3.05) is 19.6 Å². The molecule has 2 aliphatic carbocycles. The summed E-state index contributed by atoms with van der Waals surface area (Å²) in [5.41, 5.74) is 2.94. The zero-order chi connectivity index (χ0) is 38.3. The number of carbonyl (C=O) groups excluding carboxylic acids is 4. The number of fused-ring (bicyclic) bond motifs is 6. The molecule has 6 rings (SSSR count). The zero-order valence-corrected chi connectivity index (χ0v) is 32.6. The van der Waals surface area contributed by atoms with E-state index >= 15 is 0 Å². The number of nitrogens with one attached hydrogen (secondary N) is 3. The first-order valence-electron chi connectivity index (χ1n) is 20.8. The van der Waals surface area contributed by atoms with Crippen LogP contribution in [-0.2, 0) is 33.3 Å². The molecule has 298 valence electrons. The van der Waals surface area contributed by atoms with Gasteiger partial charge in [0.15, 0.2) is 0 Å². The van der Waals surface area contributed by atoms with Gasteiger partial charge in [0.25, 0.3) is 0 Å². The van der Waals surface area contributed by atoms with Crippen molar-refractivity contribution in [1.82, 2.24) is 16.0 Å². The second-order valence-corrected chi connectivity index (χ2v) is 16.9. The second kappa shape index (κ2) is 18.0. The fourth-order valence-corrected chi connectivity index (χ4v) is 8.97. The molecule has 0 spiro atoms. The van der Waals surface area contributed by atoms with Crippen LogP contribution in [0.4, 0.5) is 4.79 Å². The normalized spacial score (nSPS) is 35.0. The third kappa shape index (κ3) is 10.2. The number of urea groups is 1. The molecule has 6 aliphatic rings. The van der Waals surface area contributed by atoms with Gasteiger partial charge in [-0.2, -0.15) is 0 Å². The monoisotopic (exact) mass is 749 g/mol. The number of amides is 3. The molecule has 0 aromatic carbocycles. The Bertz CT molecular complexity index is 1390. The highest BCUT2D eigenvalue weighted by Crippen LogP contribution is 2.51. The van der Waals surface area contributed by atoms with Gasteiger partial charge in [-0.1, -0.05) is 81.4 Å². The van der Waals surface area contributed by atoms with Crippen LogP contribution in [0.15, 0.2) is 47.6 Å². The first kappa shape index (κ1) is 40.2. The summed E-state index contributed by atoms with van der Waals surface area (Å²) in [6, 6.07) is -0.146. The third-order valence-electron chi connectivity index (χ3n) is 12.7. The highest BCUT2D eigenvalue weighted by atomic mass is 16.7. The molecule has 11 heteroatoms. The van der Waals surface area contributed by atoms with Gasteiger partial charge in [0.1, 0.15) is 24.4 Å². The molecule has 4 fully saturated rings. The van der Waals surface area contributed by atoms with E-state index in [-0.39, 0.29) is 71.3 Å². The Morgan fingerprint density at radius 1 is 0.685 bits per heavy atom. The number of ether oxygens (including phenoxy) is 4. The molecular formula is C43H63N3O8. The highest BCUT2D eigenvalue weighted by molar-refractivity contribution is 5.91. The summed E-state index contributed by atoms with van der Waals surface area (Å²) in [5.74, 6) is -0.585. The van der Waals surface area contributed by atoms with E-state index in [2.05, 4.69) is 55.1 Å². The summed E-state index contributed by atoms with van der Waals surface area (Å²) in [7, 11) is 0. The van der Waals surface area contributed by atoms with E-state index in [1.54, 1.807) is 0 Å². The van der Waals surface area contributed by atoms with Crippen molar-refractivity contribution in [2.45, 2.75) is 165 Å². The molecule has 0 unspecified atom stereocenters. The first-order valence-corrected chi connectivity index (χ1v) is 20.8. The van der Waals surface area contributed by atoms with Crippen LogP contribution in [0.1, 0.15) is 129 Å². The molecular weight excluding hydrogens is 686 g/mol. The largest absolute Gasteiger partial charge is 0.455 e. The van der Waals surface area contributed by atoms with Gasteiger partial charge < -0.3 is 34.9 Å². The molecule has 3 N–H and O–H groups in total. The molecule has 3 amide bonds. The lowest BCUT2D eigenvalue weighted by atomic mass is 9.84. The lowest BCUT2D eigenvalue weighted by Gasteiger charge is -2.20. The fourth-order valence-electron chi connectivity index (χ4n) is 8.97. The number of rotatable bonds is 16. The van der Waals surface area contributed by atoms with Gasteiger partial charge in [0, 0.05) is 49.0 Å². The van der Waals surface area contributed by atoms with Crippen molar-refractivity contribution in [3.63, 3.8) is 0 Å². The van der Waals surface area contributed by atoms with E-state index < -0.39 is 0 Å². The van der Waals surface area contributed by atoms with Crippen molar-refractivity contribution >= 4 is 23.9 Å². The molecule has 4 saturated heterocycles. The predicted octanol–water partition coefficient (Wildman–Crippen LogP) is 6.81. The van der Waals surface area contributed by atoms with Crippen LogP contribution in [0.5, 0.6) is 0 Å². The van der Waals surface area contributed by atoms with Crippen LogP contribution < -0.4 is 16.0 Å². The highest BCUT2D eigenvalue weighted by Gasteiger charge is 2.62. The quantitative estimate of drug-likeness (QED) is 0.0513. The number of hydrogen-bond acceptors (Lipinski definition) is 8. The Balaban J connectivity index is 0.751. The molecule has 0 bridgehead atoms. The van der Waals surface area contributed by atoms with Gasteiger partial charge in [-0.3, -0.25) is 4.79 Å². The summed E-state index contributed by atoms with van der Waals surface area (Å²) in [6.07, 6.45) is 20.9. The summed E-state index contributed by atoms with van der Waals surface area (Å²) >= 11 is 0. The molecule has 0 saturated carbocycles. The minimum atomic E-state index is -0.310. The first-order chi connectivity index (χ1) is 26.0. The Morgan fingerprint density at radius 3 is 1.67 bits per heavy atom. The van der Waals surface area contributed by atoms with Gasteiger partial charge in [-0.25, -0.2) is 14.4 Å². The van der Waals surface area contributed by atoms with E-state index in [0.717, 1.165) is 89.9 Å². The van der Waals surface area contributed by atoms with Gasteiger partial charge >= 0.3 is 18.0 Å². The summed E-state index contributed by atoms with van der Waals surface area (Å²) in [6.45, 7) is 13.9. The Morgan fingerprint density at radius 2 is 1.15 bits per heavy atom. The number of allylic oxidation sites excluding steroid dienone is 2. The maximum absolute atomic E-state index is 12.6. The minimum Gasteiger partial charge on any atom is -0.455 e. The molecule has 4 heterocycles. The summed E-state index contributed by atoms with van der Waals surface area (Å²) < 4.78 is 23.3. The van der Waals surface area contributed by atoms with E-state index in [9.17, 15) is 19.2 Å². The fraction of sp³-hybridized carbons (Fsp3) is 0.721. The van der Waals surface area contributed by atoms with Gasteiger partial charge in [0.05, 0.1) is 11.2 Å². The maximum atomic E-state index is 12.6. The maximum Gasteiger partial charge on any atom is 0.334 e. The molecule has 8 atom stereocenters. The number of unbranched alkanes of at least 4 members (excludes halogenated alkanes) is 8. The van der Waals surface area contributed by atoms with Crippen LogP contribution in [-0.4, -0.2) is 79.1 Å². The van der Waals surface area contributed by atoms with Crippen molar-refractivity contribution in [2.24, 2.45) is 11.8 Å². The zero-order valence-electron chi connectivity index (χ0n) is 32.6. The van der Waals surface area contributed by atoms with Crippen LogP contribution in [0.25, 0.3) is 0 Å². The SMILES string of the molecule is C=C1C(=O)O[C@H]2[C@H]1CC/C(CNC(=O)CCCCCCCCCCCNC(=O)NC/C1=C/CC[C@@]3(C)O[C@H]3[C@H]3OC(=O)C(=C)[C@@H]3CC1)=C\CC[C@@]1(C)O[C@@H]21. The smallest absolute Gasteiger partial charge is 0.334 e. The Kier molecular flexibility index (Phi) is 13.4. The summed E-state index contributed by atoms with van der Waals surface area (Å²) in [4.78, 5) is 49.5. The van der Waals surface area contributed by atoms with Crippen LogP contribution in [0, 0.1) is 11.8 Å². The second-order valence-electron chi connectivity index (χ2n) is 16.9. The van der Waals surface area contributed by atoms with Crippen molar-refractivity contribution < 1.29 is 38.1 Å². The lowest BCUT2D eigenvalue weighted by molar-refractivity contribution is -0.140. The topological polar surface area (TPSA) is 148 Å². The summed E-state index contributed by atoms with van der Waals surface area (Å²) in [5, 5.41) is 9.13. The van der Waals surface area contributed by atoms with Crippen molar-refractivity contribution in [3.8, 4) is 0 Å². The predicted molar refractivity (Wildman–Crippen MR) is 205 cm³/mol. The number of epoxide rings is 2. The average molecular weight is 750 g/mol. The number of carbonyl (C=O) groups is 4. The minimum absolute atomic E-state index is 0.0294. The van der Waals surface area contributed by atoms with E-state index in [1.165, 1.54) is 30.4 Å². The lowest BCUT2D eigenvalue weighted by Crippen LogP contribution is -2.37. The Hall–Kier alpha value is -3.44. The van der Waals surface area contributed by atoms with E-state index in [4.69, 9.17) is 18.9 Å². The van der Waals surface area contributed by atoms with Gasteiger partial charge in [-0.05, 0) is 78.1 Å². The van der Waals surface area contributed by atoms with Crippen LogP contribution in [0.2, 0.25) is 0 Å². The molecule has 0 aromatic rings. The molecule has 54 heavy (non-hydrogen) atoms. The van der Waals surface area contributed by atoms with Crippen molar-refractivity contribution in [1.29, 1.82) is 0 Å². The van der Waals surface area contributed by atoms with E-state index in [0.29, 0.717) is 37.2 Å². The van der Waals surface area contributed by atoms with Gasteiger partial charge in [-0.15, -0.1) is 0 Å². The average Bonchev–Trinajstić information content (AvgIpc) is 3.96. The third-order valence-corrected chi connectivity index (χ3v) is 12.7. The number of hydrogen-bond donors (Lipinski definition) is 3. The van der Waals surface area contributed by atoms with Crippen molar-refractivity contribution in [3.05, 3.63) is 47.6 Å². The molecule has 0 radical (unpaired) electrons. The standard InChI is InChI=1S/C43H63N3O8/c1-28-32-21-19-30(16-14-23-42(3)37(53-42)35(32)51-39(28)48)26-45-34(47)18-12-10-8-6-5-7-9-11-13-25-44-41(50)46-27-31-17-15-24-43(4)38(54-43)36-33(22-20-31)29(2)40(49)52-36/h16-17,32-33,35-38H,1-2,5-15,18-27H2,3-4H3,(H,45,47)(H2,44,46,50)/b30-16+,31-17+/t32-,33-,35-,36-,37-,38-,42+,43+/m0/s1. The number of esters is 2.